The fourth-order valence-corrected chi connectivity index (χ4v) is 9.85. The molecular formula is C50H50N4O9. The molecule has 0 bridgehead atoms. The number of hydrogen-bond acceptors (Lipinski definition) is 10. The molecule has 4 aromatic rings. The molecule has 13 heteroatoms. The van der Waals surface area contributed by atoms with E-state index >= 15 is 4.79 Å². The zero-order valence-corrected chi connectivity index (χ0v) is 35.4. The number of nitrogens with one attached hydrogen (secondary N) is 1. The SMILES string of the molecule is COC(=O)[C@@H](NC(=O)N1C(=O)[C@@]2(c3cc(C#CC4=CCCCC4)ccc31)[C@H](c1ccc(OCCO)cc1)N1[C@H](c3ccccc3)[C@H](c3ccccc3)OC(=O)[C@H]1[C@@H]2C(N)=O)C(C)C. The molecule has 1 spiro atoms. The molecule has 0 aromatic heterocycles. The first kappa shape index (κ1) is 42.9. The van der Waals surface area contributed by atoms with Crippen LogP contribution in [0.15, 0.2) is 115 Å². The number of cyclic esters (lactones) is 1. The van der Waals surface area contributed by atoms with E-state index in [-0.39, 0.29) is 24.5 Å². The van der Waals surface area contributed by atoms with E-state index in [0.717, 1.165) is 41.7 Å². The quantitative estimate of drug-likeness (QED) is 0.127. The molecule has 0 saturated carbocycles. The molecule has 0 unspecified atom stereocenters. The van der Waals surface area contributed by atoms with Gasteiger partial charge in [-0.15, -0.1) is 0 Å². The predicted octanol–water partition coefficient (Wildman–Crippen LogP) is 5.97. The van der Waals surface area contributed by atoms with Gasteiger partial charge in [0.05, 0.1) is 37.4 Å². The van der Waals surface area contributed by atoms with E-state index in [1.54, 1.807) is 56.3 Å². The third-order valence-corrected chi connectivity index (χ3v) is 12.6. The first-order valence-electron chi connectivity index (χ1n) is 21.3. The molecule has 4 aromatic carbocycles. The number of primary amides is 1. The van der Waals surface area contributed by atoms with Crippen LogP contribution < -0.4 is 20.7 Å². The number of allylic oxidation sites excluding steroid dienone is 2. The topological polar surface area (TPSA) is 178 Å². The van der Waals surface area contributed by atoms with Crippen LogP contribution in [0.3, 0.4) is 0 Å². The van der Waals surface area contributed by atoms with E-state index in [4.69, 9.17) is 19.9 Å². The Morgan fingerprint density at radius 3 is 2.22 bits per heavy atom. The number of esters is 2. The number of carbonyl (C=O) groups is 5. The Bertz CT molecular complexity index is 2500. The molecule has 3 heterocycles. The normalized spacial score (nSPS) is 24.4. The number of aliphatic hydroxyl groups is 1. The third kappa shape index (κ3) is 7.63. The monoisotopic (exact) mass is 850 g/mol. The molecule has 3 aliphatic heterocycles. The molecule has 4 amide bonds. The molecule has 8 rings (SSSR count). The lowest BCUT2D eigenvalue weighted by Crippen LogP contribution is -2.57. The van der Waals surface area contributed by atoms with Gasteiger partial charge in [-0.05, 0) is 89.8 Å². The van der Waals surface area contributed by atoms with Gasteiger partial charge in [-0.25, -0.2) is 14.5 Å². The van der Waals surface area contributed by atoms with Crippen molar-refractivity contribution >= 4 is 35.5 Å². The number of carbonyl (C=O) groups excluding carboxylic acids is 5. The lowest BCUT2D eigenvalue weighted by Gasteiger charge is -2.46. The second-order valence-corrected chi connectivity index (χ2v) is 16.6. The van der Waals surface area contributed by atoms with Crippen molar-refractivity contribution in [3.05, 3.63) is 143 Å². The van der Waals surface area contributed by atoms with Gasteiger partial charge in [-0.2, -0.15) is 0 Å². The van der Waals surface area contributed by atoms with Crippen molar-refractivity contribution in [3.8, 4) is 17.6 Å². The standard InChI is InChI=1S/C50H50N4O9/c1-30(2)40(46(57)61-3)52-49(60)53-38-26-21-32(20-19-31-13-7-4-8-14-31)29-37(38)50(48(53)59)39(45(51)56)42-47(58)63-43(34-17-11-6-12-18-34)41(33-15-9-5-10-16-33)54(42)44(50)35-22-24-36(25-23-35)62-28-27-55/h5-6,9-13,15-18,21-26,29-30,39-44,55H,4,7-8,14,27-28H2,1-3H3,(H2,51,56)(H,52,60)/t39-,40+,41-,42-,43+,44+,50-/m1/s1. The third-order valence-electron chi connectivity index (χ3n) is 12.6. The summed E-state index contributed by atoms with van der Waals surface area (Å²) in [6.45, 7) is 3.28. The number of rotatable bonds is 10. The second kappa shape index (κ2) is 17.9. The van der Waals surface area contributed by atoms with Crippen molar-refractivity contribution in [3.63, 3.8) is 0 Å². The van der Waals surface area contributed by atoms with Crippen LogP contribution >= 0.6 is 0 Å². The molecule has 13 nitrogen and oxygen atoms in total. The number of nitrogens with two attached hydrogens (primary N) is 1. The molecule has 1 aliphatic carbocycles. The number of amides is 4. The van der Waals surface area contributed by atoms with E-state index in [2.05, 4.69) is 23.2 Å². The van der Waals surface area contributed by atoms with Gasteiger partial charge in [0.15, 0.2) is 0 Å². The zero-order valence-electron chi connectivity index (χ0n) is 35.4. The summed E-state index contributed by atoms with van der Waals surface area (Å²) in [5, 5.41) is 12.2. The maximum atomic E-state index is 16.2. The number of morpholine rings is 1. The fourth-order valence-electron chi connectivity index (χ4n) is 9.85. The minimum atomic E-state index is -2.06. The van der Waals surface area contributed by atoms with Crippen LogP contribution in [-0.4, -0.2) is 72.2 Å². The zero-order chi connectivity index (χ0) is 44.4. The molecule has 324 valence electrons. The van der Waals surface area contributed by atoms with E-state index in [0.29, 0.717) is 22.4 Å². The Kier molecular flexibility index (Phi) is 12.2. The summed E-state index contributed by atoms with van der Waals surface area (Å²) in [5.74, 6) is 1.69. The van der Waals surface area contributed by atoms with Gasteiger partial charge in [0.25, 0.3) is 0 Å². The van der Waals surface area contributed by atoms with E-state index in [1.165, 1.54) is 7.11 Å². The van der Waals surface area contributed by atoms with Crippen LogP contribution in [0.2, 0.25) is 0 Å². The van der Waals surface area contributed by atoms with Gasteiger partial charge in [0.2, 0.25) is 11.8 Å². The number of anilines is 1. The van der Waals surface area contributed by atoms with Crippen LogP contribution in [0.4, 0.5) is 10.5 Å². The first-order valence-corrected chi connectivity index (χ1v) is 21.3. The average molecular weight is 851 g/mol. The summed E-state index contributed by atoms with van der Waals surface area (Å²) >= 11 is 0. The average Bonchev–Trinajstić information content (AvgIpc) is 3.76. The number of benzene rings is 4. The minimum Gasteiger partial charge on any atom is -0.491 e. The first-order chi connectivity index (χ1) is 30.5. The molecule has 7 atom stereocenters. The molecule has 63 heavy (non-hydrogen) atoms. The number of fused-ring (bicyclic) bond motifs is 3. The van der Waals surface area contributed by atoms with Crippen molar-refractivity contribution in [2.24, 2.45) is 17.6 Å². The van der Waals surface area contributed by atoms with Gasteiger partial charge in [0, 0.05) is 5.56 Å². The Morgan fingerprint density at radius 1 is 0.905 bits per heavy atom. The summed E-state index contributed by atoms with van der Waals surface area (Å²) in [4.78, 5) is 76.2. The number of nitrogens with zero attached hydrogens (tertiary/aromatic N) is 2. The van der Waals surface area contributed by atoms with Crippen LogP contribution in [0.1, 0.15) is 85.5 Å². The van der Waals surface area contributed by atoms with Crippen LogP contribution in [0.25, 0.3) is 0 Å². The maximum absolute atomic E-state index is 16.2. The molecule has 2 fully saturated rings. The number of aliphatic hydroxyl groups excluding tert-OH is 1. The fraction of sp³-hybridized carbons (Fsp3) is 0.340. The Labute approximate surface area is 366 Å². The van der Waals surface area contributed by atoms with Crippen molar-refractivity contribution in [1.82, 2.24) is 10.2 Å². The molecular weight excluding hydrogens is 801 g/mol. The second-order valence-electron chi connectivity index (χ2n) is 16.6. The van der Waals surface area contributed by atoms with Crippen molar-refractivity contribution in [1.29, 1.82) is 0 Å². The van der Waals surface area contributed by atoms with Crippen molar-refractivity contribution in [2.45, 2.75) is 75.2 Å². The van der Waals surface area contributed by atoms with Crippen LogP contribution in [-0.2, 0) is 34.1 Å². The molecule has 4 aliphatic rings. The minimum absolute atomic E-state index is 0.0327. The van der Waals surface area contributed by atoms with Gasteiger partial charge in [-0.1, -0.05) is 105 Å². The number of imide groups is 1. The Balaban J connectivity index is 1.42. The number of ether oxygens (including phenoxy) is 3. The highest BCUT2D eigenvalue weighted by atomic mass is 16.6. The largest absolute Gasteiger partial charge is 0.491 e. The van der Waals surface area contributed by atoms with Gasteiger partial charge in [-0.3, -0.25) is 19.3 Å². The van der Waals surface area contributed by atoms with Crippen LogP contribution in [0.5, 0.6) is 5.75 Å². The summed E-state index contributed by atoms with van der Waals surface area (Å²) in [5.41, 5.74) is 8.24. The van der Waals surface area contributed by atoms with Gasteiger partial charge in [0.1, 0.15) is 36.0 Å². The highest BCUT2D eigenvalue weighted by molar-refractivity contribution is 6.25. The maximum Gasteiger partial charge on any atom is 0.329 e. The summed E-state index contributed by atoms with van der Waals surface area (Å²) in [6, 6.07) is 25.1. The predicted molar refractivity (Wildman–Crippen MR) is 233 cm³/mol. The smallest absolute Gasteiger partial charge is 0.329 e. The summed E-state index contributed by atoms with van der Waals surface area (Å²) in [6.07, 6.45) is 5.05. The Morgan fingerprint density at radius 2 is 1.60 bits per heavy atom. The summed E-state index contributed by atoms with van der Waals surface area (Å²) < 4.78 is 17.2. The van der Waals surface area contributed by atoms with Crippen molar-refractivity contribution < 1.29 is 43.3 Å². The Hall–Kier alpha value is -6.75. The summed E-state index contributed by atoms with van der Waals surface area (Å²) in [7, 11) is 1.21. The number of urea groups is 1. The van der Waals surface area contributed by atoms with E-state index < -0.39 is 77.3 Å². The lowest BCUT2D eigenvalue weighted by molar-refractivity contribution is -0.178. The molecule has 0 radical (unpaired) electrons. The lowest BCUT2D eigenvalue weighted by atomic mass is 9.65. The highest BCUT2D eigenvalue weighted by Gasteiger charge is 2.75. The number of methoxy groups -OCH3 is 1. The molecule has 2 saturated heterocycles. The van der Waals surface area contributed by atoms with Crippen molar-refractivity contribution in [2.75, 3.05) is 25.2 Å². The van der Waals surface area contributed by atoms with Crippen LogP contribution in [0, 0.1) is 23.7 Å². The van der Waals surface area contributed by atoms with E-state index in [1.807, 2.05) is 65.6 Å². The van der Waals surface area contributed by atoms with Gasteiger partial charge >= 0.3 is 18.0 Å². The number of hydrogen-bond donors (Lipinski definition) is 3. The van der Waals surface area contributed by atoms with E-state index in [9.17, 15) is 24.3 Å². The van der Waals surface area contributed by atoms with Gasteiger partial charge < -0.3 is 30.4 Å². The highest BCUT2D eigenvalue weighted by Crippen LogP contribution is 2.65. The molecule has 4 N–H and O–H groups in total.